The Morgan fingerprint density at radius 1 is 0.112 bits per heavy atom. The molecule has 0 N–H and O–H groups in total. The van der Waals surface area contributed by atoms with Gasteiger partial charge in [-0.05, 0) is 26.6 Å². The largest absolute Gasteiger partial charge is 0.412 e. The molecule has 0 saturated heterocycles. The van der Waals surface area contributed by atoms with Crippen LogP contribution in [0, 0.1) is 244 Å². The van der Waals surface area contributed by atoms with E-state index in [1.165, 1.54) is 4.91 Å². The van der Waals surface area contributed by atoms with Crippen molar-refractivity contribution in [1.82, 2.24) is 0 Å². The predicted molar refractivity (Wildman–Crippen MR) is 281 cm³/mol. The van der Waals surface area contributed by atoms with Gasteiger partial charge >= 0.3 is 28.3 Å². The fourth-order valence-corrected chi connectivity index (χ4v) is 17.8. The van der Waals surface area contributed by atoms with Gasteiger partial charge in [0.05, 0.1) is 64.6 Å². The SMILES string of the molecule is Fc1c(F)c(F)c2c(F)[c]([Al]([c]3c(F)c(F)c4c(F)c(F)c(F)c(F)c4c3F)[c]3c(F)c(F)c4c(F)c(F)c(F)c(F)c4c3F)c(F)c(F)c2c1F.Fc1c(F)c(F)c2c(F)[c]([Al]([c]3c(F)c(F)c4c(F)c(F)c(F)c(F)c4c3F)[c]3c(F)c(F)c4c(F)c(F)c(F)c(F)c4c3F)c(F)c(F)c2c1F.[N-]=[N+]=[N-]. The first-order valence-electron chi connectivity index (χ1n) is 26.6. The van der Waals surface area contributed by atoms with E-state index in [4.69, 9.17) is 11.1 Å². The number of rotatable bonds is 6. The molecule has 12 rings (SSSR count). The molecule has 0 heterocycles. The quantitative estimate of drug-likeness (QED) is 0.0303. The molecule has 107 heavy (non-hydrogen) atoms. The van der Waals surface area contributed by atoms with E-state index >= 15 is 79.0 Å². The summed E-state index contributed by atoms with van der Waals surface area (Å²) >= 11 is -13.3. The van der Waals surface area contributed by atoms with Crippen LogP contribution in [0.2, 0.25) is 0 Å². The van der Waals surface area contributed by atoms with E-state index in [1.54, 1.807) is 0 Å². The number of halogens is 42. The lowest BCUT2D eigenvalue weighted by Crippen LogP contribution is -2.60. The summed E-state index contributed by atoms with van der Waals surface area (Å²) in [5, 5.41) is -30.8. The van der Waals surface area contributed by atoms with Gasteiger partial charge in [0.25, 0.3) is 0 Å². The van der Waals surface area contributed by atoms with Gasteiger partial charge in [0.2, 0.25) is 0 Å². The van der Waals surface area contributed by atoms with Crippen LogP contribution in [0.1, 0.15) is 0 Å². The standard InChI is InChI=1S/6C10F7.2Al.N3/c6*11-2-1-3(12)6(13)5-4(2)7(14)9(16)10(17)8(5)15;;;1-3-2/q;;;;;;;;-1. The smallest absolute Gasteiger partial charge is 0.373 e. The van der Waals surface area contributed by atoms with Crippen LogP contribution in [-0.4, -0.2) is 28.3 Å². The van der Waals surface area contributed by atoms with E-state index in [1.807, 2.05) is 0 Å². The minimum atomic E-state index is -6.63. The van der Waals surface area contributed by atoms with Crippen molar-refractivity contribution in [2.75, 3.05) is 0 Å². The summed E-state index contributed by atoms with van der Waals surface area (Å²) in [6.45, 7) is 0. The molecule has 0 radical (unpaired) electrons. The van der Waals surface area contributed by atoms with E-state index in [2.05, 4.69) is 0 Å². The third-order valence-corrected chi connectivity index (χ3v) is 22.5. The van der Waals surface area contributed by atoms with Crippen LogP contribution >= 0.6 is 0 Å². The Bertz CT molecular complexity index is 5220. The van der Waals surface area contributed by atoms with Crippen molar-refractivity contribution in [3.05, 3.63) is 260 Å². The second-order valence-electron chi connectivity index (χ2n) is 21.1. The van der Waals surface area contributed by atoms with Gasteiger partial charge in [-0.2, -0.15) is 0 Å². The van der Waals surface area contributed by atoms with Gasteiger partial charge in [-0.15, -0.1) is 0 Å². The van der Waals surface area contributed by atoms with E-state index in [-0.39, 0.29) is 0 Å². The zero-order valence-corrected chi connectivity index (χ0v) is 50.7. The molecular formula is C60Al2F42N3-. The van der Waals surface area contributed by atoms with E-state index in [9.17, 15) is 105 Å². The van der Waals surface area contributed by atoms with Crippen molar-refractivity contribution in [2.45, 2.75) is 0 Å². The Morgan fingerprint density at radius 3 is 0.262 bits per heavy atom. The predicted octanol–water partition coefficient (Wildman–Crippen LogP) is 18.0. The highest BCUT2D eigenvalue weighted by Gasteiger charge is 2.50. The van der Waals surface area contributed by atoms with Crippen molar-refractivity contribution in [2.24, 2.45) is 0 Å². The van der Waals surface area contributed by atoms with Crippen LogP contribution in [0.15, 0.2) is 0 Å². The average molecular weight is 1610 g/mol. The molecule has 0 bridgehead atoms. The first-order chi connectivity index (χ1) is 49.7. The molecule has 0 atom stereocenters. The fourth-order valence-electron chi connectivity index (χ4n) is 11.4. The van der Waals surface area contributed by atoms with Crippen LogP contribution in [-0.2, 0) is 0 Å². The summed E-state index contributed by atoms with van der Waals surface area (Å²) in [6, 6.07) is 0. The van der Waals surface area contributed by atoms with Crippen LogP contribution < -0.4 is 26.6 Å². The van der Waals surface area contributed by atoms with Gasteiger partial charge in [0, 0.05) is 0 Å². The Kier molecular flexibility index (Phi) is 20.3. The summed E-state index contributed by atoms with van der Waals surface area (Å²) in [5.41, 5.74) is 13.5. The first kappa shape index (κ1) is 79.2. The van der Waals surface area contributed by atoms with E-state index in [0.29, 0.717) is 0 Å². The Labute approximate surface area is 562 Å². The van der Waals surface area contributed by atoms with Crippen LogP contribution in [0.3, 0.4) is 0 Å². The molecule has 3 nitrogen and oxygen atoms in total. The van der Waals surface area contributed by atoms with Gasteiger partial charge in [-0.1, -0.05) is 0 Å². The second-order valence-corrected chi connectivity index (χ2v) is 26.3. The number of benzene rings is 12. The molecule has 0 fully saturated rings. The molecular weight excluding hydrogens is 1610 g/mol. The maximum Gasteiger partial charge on any atom is 0.412 e. The van der Waals surface area contributed by atoms with Crippen LogP contribution in [0.4, 0.5) is 184 Å². The van der Waals surface area contributed by atoms with Crippen molar-refractivity contribution in [1.29, 1.82) is 0 Å². The Morgan fingerprint density at radius 2 is 0.178 bits per heavy atom. The lowest BCUT2D eigenvalue weighted by atomic mass is 10.1. The Hall–Kier alpha value is -10.4. The van der Waals surface area contributed by atoms with E-state index in [0.717, 1.165) is 0 Å². The van der Waals surface area contributed by atoms with Gasteiger partial charge in [0.1, 0.15) is 69.8 Å². The van der Waals surface area contributed by atoms with Crippen LogP contribution in [0.5, 0.6) is 0 Å². The highest BCUT2D eigenvalue weighted by Crippen LogP contribution is 2.41. The topological polar surface area (TPSA) is 58.7 Å². The van der Waals surface area contributed by atoms with Gasteiger partial charge in [-0.3, -0.25) is 4.91 Å². The normalized spacial score (nSPS) is 11.7. The van der Waals surface area contributed by atoms with Crippen molar-refractivity contribution < 1.29 is 184 Å². The number of hydrogen-bond donors (Lipinski definition) is 0. The Balaban J connectivity index is 0.000000221. The first-order valence-corrected chi connectivity index (χ1v) is 30.0. The van der Waals surface area contributed by atoms with E-state index < -0.39 is 364 Å². The highest BCUT2D eigenvalue weighted by molar-refractivity contribution is 6.97. The number of fused-ring (bicyclic) bond motifs is 6. The maximum absolute atomic E-state index is 16.1. The minimum absolute atomic E-state index is 1.50. The lowest BCUT2D eigenvalue weighted by Gasteiger charge is -2.22. The summed E-state index contributed by atoms with van der Waals surface area (Å²) in [4.78, 5) is 1.50. The summed E-state index contributed by atoms with van der Waals surface area (Å²) in [7, 11) is 0. The van der Waals surface area contributed by atoms with Gasteiger partial charge in [-0.25, -0.2) is 184 Å². The van der Waals surface area contributed by atoms with Crippen molar-refractivity contribution >= 4 is 119 Å². The fraction of sp³-hybridized carbons (Fsp3) is 0. The second kappa shape index (κ2) is 27.5. The summed E-state index contributed by atoms with van der Waals surface area (Å²) in [6.07, 6.45) is 0. The highest BCUT2D eigenvalue weighted by atomic mass is 27.2. The maximum atomic E-state index is 16.1. The molecule has 0 aliphatic carbocycles. The minimum Gasteiger partial charge on any atom is -0.373 e. The van der Waals surface area contributed by atoms with Crippen LogP contribution in [0.25, 0.3) is 80.6 Å². The molecule has 0 aliphatic rings. The van der Waals surface area contributed by atoms with Crippen molar-refractivity contribution in [3.8, 4) is 0 Å². The summed E-state index contributed by atoms with van der Waals surface area (Å²) in [5.74, 6) is -129. The molecule has 47 heteroatoms. The molecule has 0 unspecified atom stereocenters. The molecule has 12 aromatic carbocycles. The summed E-state index contributed by atoms with van der Waals surface area (Å²) < 4.78 is 611. The zero-order valence-electron chi connectivity index (χ0n) is 48.4. The molecule has 0 aliphatic heterocycles. The van der Waals surface area contributed by atoms with Gasteiger partial charge in [0.15, 0.2) is 175 Å². The molecule has 0 saturated carbocycles. The van der Waals surface area contributed by atoms with Gasteiger partial charge < -0.3 is 11.1 Å². The molecule has 0 aromatic heterocycles. The zero-order chi connectivity index (χ0) is 80.5. The number of nitrogens with zero attached hydrogens (tertiary/aromatic N) is 3. The molecule has 556 valence electrons. The molecule has 12 aromatic rings. The van der Waals surface area contributed by atoms with Crippen molar-refractivity contribution in [3.63, 3.8) is 0 Å². The third kappa shape index (κ3) is 10.9. The third-order valence-electron chi connectivity index (χ3n) is 16.0. The molecule has 0 spiro atoms. The average Bonchev–Trinajstić information content (AvgIpc) is 0.704. The lowest BCUT2D eigenvalue weighted by molar-refractivity contribution is 0.412. The monoisotopic (exact) mass is 1610 g/mol. The molecule has 0 amide bonds. The number of hydrogen-bond acceptors (Lipinski definition) is 0.